The second kappa shape index (κ2) is 12.6. The summed E-state index contributed by atoms with van der Waals surface area (Å²) >= 11 is 1.27. The molecule has 1 unspecified atom stereocenters. The topological polar surface area (TPSA) is 88.4 Å². The summed E-state index contributed by atoms with van der Waals surface area (Å²) in [6.07, 6.45) is 1.70. The minimum Gasteiger partial charge on any atom is -0.491 e. The molecule has 4 rings (SSSR count). The molecule has 0 radical (unpaired) electrons. The molecule has 2 aromatic carbocycles. The van der Waals surface area contributed by atoms with E-state index < -0.39 is 12.0 Å². The first-order valence-electron chi connectivity index (χ1n) is 13.5. The van der Waals surface area contributed by atoms with E-state index in [0.717, 1.165) is 5.56 Å². The highest BCUT2D eigenvalue weighted by molar-refractivity contribution is 7.07. The number of thiazole rings is 1. The number of ether oxygens (including phenoxy) is 4. The van der Waals surface area contributed by atoms with Crippen LogP contribution in [-0.2, 0) is 9.53 Å². The lowest BCUT2D eigenvalue weighted by Gasteiger charge is -2.26. The molecule has 0 fully saturated rings. The number of esters is 1. The van der Waals surface area contributed by atoms with E-state index in [2.05, 4.69) is 4.99 Å². The molecule has 40 heavy (non-hydrogen) atoms. The molecule has 9 heteroatoms. The van der Waals surface area contributed by atoms with Crippen molar-refractivity contribution < 1.29 is 23.7 Å². The Morgan fingerprint density at radius 2 is 1.70 bits per heavy atom. The number of hydrogen-bond acceptors (Lipinski definition) is 8. The van der Waals surface area contributed by atoms with Crippen molar-refractivity contribution in [2.24, 2.45) is 4.99 Å². The Balaban J connectivity index is 1.92. The summed E-state index contributed by atoms with van der Waals surface area (Å²) in [5, 5.41) is 0. The molecule has 1 aliphatic heterocycles. The van der Waals surface area contributed by atoms with Crippen molar-refractivity contribution in [1.82, 2.24) is 4.57 Å². The van der Waals surface area contributed by atoms with Gasteiger partial charge in [-0.2, -0.15) is 0 Å². The molecule has 0 amide bonds. The Labute approximate surface area is 238 Å². The van der Waals surface area contributed by atoms with Gasteiger partial charge in [-0.15, -0.1) is 0 Å². The van der Waals surface area contributed by atoms with Gasteiger partial charge in [0.2, 0.25) is 0 Å². The fourth-order valence-corrected chi connectivity index (χ4v) is 5.59. The van der Waals surface area contributed by atoms with Crippen LogP contribution in [0.15, 0.2) is 63.5 Å². The van der Waals surface area contributed by atoms with E-state index in [4.69, 9.17) is 18.9 Å². The van der Waals surface area contributed by atoms with E-state index in [1.165, 1.54) is 11.3 Å². The molecule has 0 bridgehead atoms. The predicted molar refractivity (Wildman–Crippen MR) is 156 cm³/mol. The second-order valence-corrected chi connectivity index (χ2v) is 10.8. The van der Waals surface area contributed by atoms with Gasteiger partial charge in [-0.25, -0.2) is 9.79 Å². The lowest BCUT2D eigenvalue weighted by Crippen LogP contribution is -2.40. The first-order valence-corrected chi connectivity index (χ1v) is 14.3. The zero-order valence-electron chi connectivity index (χ0n) is 24.0. The van der Waals surface area contributed by atoms with Gasteiger partial charge in [0.25, 0.3) is 5.56 Å². The van der Waals surface area contributed by atoms with Crippen molar-refractivity contribution in [3.05, 3.63) is 84.5 Å². The molecule has 3 aromatic rings. The highest BCUT2D eigenvalue weighted by Crippen LogP contribution is 2.36. The maximum Gasteiger partial charge on any atom is 0.338 e. The number of para-hydroxylation sites is 1. The van der Waals surface area contributed by atoms with Gasteiger partial charge in [-0.1, -0.05) is 35.6 Å². The highest BCUT2D eigenvalue weighted by Gasteiger charge is 2.35. The minimum absolute atomic E-state index is 0.00636. The maximum absolute atomic E-state index is 14.0. The fraction of sp³-hybridized carbons (Fsp3) is 0.387. The van der Waals surface area contributed by atoms with E-state index in [1.807, 2.05) is 83.2 Å². The number of nitrogens with zero attached hydrogens (tertiary/aromatic N) is 2. The van der Waals surface area contributed by atoms with Crippen molar-refractivity contribution in [3.8, 4) is 17.2 Å². The summed E-state index contributed by atoms with van der Waals surface area (Å²) in [6, 6.07) is 12.3. The molecule has 2 heterocycles. The Bertz CT molecular complexity index is 1600. The number of benzene rings is 2. The molecule has 0 saturated carbocycles. The summed E-state index contributed by atoms with van der Waals surface area (Å²) < 4.78 is 25.3. The van der Waals surface area contributed by atoms with E-state index >= 15 is 0 Å². The second-order valence-electron chi connectivity index (χ2n) is 9.81. The molecule has 0 spiro atoms. The predicted octanol–water partition coefficient (Wildman–Crippen LogP) is 4.77. The number of carbonyl (C=O) groups excluding carboxylic acids is 1. The van der Waals surface area contributed by atoms with Crippen molar-refractivity contribution in [1.29, 1.82) is 0 Å². The van der Waals surface area contributed by atoms with Crippen LogP contribution in [0.2, 0.25) is 0 Å². The van der Waals surface area contributed by atoms with Gasteiger partial charge in [0.15, 0.2) is 16.3 Å². The number of carbonyl (C=O) groups is 1. The lowest BCUT2D eigenvalue weighted by atomic mass is 9.95. The van der Waals surface area contributed by atoms with E-state index in [9.17, 15) is 9.59 Å². The van der Waals surface area contributed by atoms with Gasteiger partial charge >= 0.3 is 5.97 Å². The van der Waals surface area contributed by atoms with Gasteiger partial charge in [0.1, 0.15) is 11.8 Å². The summed E-state index contributed by atoms with van der Waals surface area (Å²) in [7, 11) is 0. The molecule has 1 aliphatic rings. The molecular formula is C31H36N2O6S. The normalized spacial score (nSPS) is 15.2. The van der Waals surface area contributed by atoms with Gasteiger partial charge in [0.05, 0.1) is 41.2 Å². The third-order valence-corrected chi connectivity index (χ3v) is 7.00. The van der Waals surface area contributed by atoms with Crippen molar-refractivity contribution in [2.45, 2.75) is 66.7 Å². The molecule has 0 saturated heterocycles. The minimum atomic E-state index is -0.756. The molecule has 0 N–H and O–H groups in total. The average molecular weight is 565 g/mol. The van der Waals surface area contributed by atoms with E-state index in [0.29, 0.717) is 50.0 Å². The van der Waals surface area contributed by atoms with Crippen LogP contribution < -0.4 is 29.1 Å². The first kappa shape index (κ1) is 29.1. The third-order valence-electron chi connectivity index (χ3n) is 6.02. The van der Waals surface area contributed by atoms with Crippen LogP contribution in [0.5, 0.6) is 17.2 Å². The third kappa shape index (κ3) is 6.14. The van der Waals surface area contributed by atoms with E-state index in [1.54, 1.807) is 18.4 Å². The van der Waals surface area contributed by atoms with Gasteiger partial charge in [-0.05, 0) is 78.3 Å². The van der Waals surface area contributed by atoms with Gasteiger partial charge in [-0.3, -0.25) is 9.36 Å². The molecule has 212 valence electrons. The number of fused-ring (bicyclic) bond motifs is 1. The monoisotopic (exact) mass is 564 g/mol. The fourth-order valence-electron chi connectivity index (χ4n) is 4.54. The van der Waals surface area contributed by atoms with Crippen molar-refractivity contribution in [3.63, 3.8) is 0 Å². The first-order chi connectivity index (χ1) is 19.1. The Kier molecular flexibility index (Phi) is 9.14. The largest absolute Gasteiger partial charge is 0.491 e. The van der Waals surface area contributed by atoms with Crippen LogP contribution in [0.4, 0.5) is 0 Å². The van der Waals surface area contributed by atoms with Crippen molar-refractivity contribution >= 4 is 23.4 Å². The molecular weight excluding hydrogens is 528 g/mol. The Morgan fingerprint density at radius 1 is 1.00 bits per heavy atom. The van der Waals surface area contributed by atoms with Crippen LogP contribution in [0, 0.1) is 0 Å². The smallest absolute Gasteiger partial charge is 0.338 e. The van der Waals surface area contributed by atoms with Crippen LogP contribution in [-0.4, -0.2) is 36.0 Å². The summed E-state index contributed by atoms with van der Waals surface area (Å²) in [6.45, 7) is 13.9. The number of rotatable bonds is 10. The zero-order chi connectivity index (χ0) is 29.0. The van der Waals surface area contributed by atoms with Crippen molar-refractivity contribution in [2.75, 3.05) is 13.2 Å². The summed E-state index contributed by atoms with van der Waals surface area (Å²) in [5.41, 5.74) is 2.03. The van der Waals surface area contributed by atoms with Crippen LogP contribution in [0.1, 0.15) is 65.6 Å². The number of allylic oxidation sites excluding steroid dienone is 1. The standard InChI is InChI=1S/C31H36N2O6S/c1-8-36-25-16-21(14-15-24(25)39-19(5)6)17-26-29(34)33-28(22-12-10-11-13-23(22)38-18(3)4)27(30(35)37-9-2)20(7)32-31(33)40-26/h10-19,28H,8-9H2,1-7H3. The number of hydrogen-bond donors (Lipinski definition) is 0. The molecule has 8 nitrogen and oxygen atoms in total. The Morgan fingerprint density at radius 3 is 2.38 bits per heavy atom. The van der Waals surface area contributed by atoms with Gasteiger partial charge in [0, 0.05) is 5.56 Å². The number of aromatic nitrogens is 1. The SMILES string of the molecule is CCOC(=O)C1=C(C)N=c2sc(=Cc3ccc(OC(C)C)c(OCC)c3)c(=O)n2C1c1ccccc1OC(C)C. The highest BCUT2D eigenvalue weighted by atomic mass is 32.1. The summed E-state index contributed by atoms with van der Waals surface area (Å²) in [5.74, 6) is 1.34. The van der Waals surface area contributed by atoms with Crippen LogP contribution >= 0.6 is 11.3 Å². The Hall–Kier alpha value is -3.85. The van der Waals surface area contributed by atoms with Crippen LogP contribution in [0.25, 0.3) is 6.08 Å². The molecule has 1 aromatic heterocycles. The molecule has 0 aliphatic carbocycles. The zero-order valence-corrected chi connectivity index (χ0v) is 24.8. The average Bonchev–Trinajstić information content (AvgIpc) is 3.19. The summed E-state index contributed by atoms with van der Waals surface area (Å²) in [4.78, 5) is 32.4. The van der Waals surface area contributed by atoms with E-state index in [-0.39, 0.29) is 24.4 Å². The quantitative estimate of drug-likeness (QED) is 0.330. The molecule has 1 atom stereocenters. The van der Waals surface area contributed by atoms with Crippen LogP contribution in [0.3, 0.4) is 0 Å². The maximum atomic E-state index is 14.0. The lowest BCUT2D eigenvalue weighted by molar-refractivity contribution is -0.139. The van der Waals surface area contributed by atoms with Gasteiger partial charge < -0.3 is 18.9 Å².